The van der Waals surface area contributed by atoms with Crippen molar-refractivity contribution in [2.45, 2.75) is 13.8 Å². The molecule has 0 nitrogen and oxygen atoms in total. The molecule has 0 aliphatic heterocycles. The van der Waals surface area contributed by atoms with Gasteiger partial charge in [0.1, 0.15) is 0 Å². The smallest absolute Gasteiger partial charge is 0.0114 e. The van der Waals surface area contributed by atoms with Crippen LogP contribution in [0.5, 0.6) is 0 Å². The normalized spacial score (nSPS) is 10.3. The first-order valence-corrected chi connectivity index (χ1v) is 15.6. The summed E-state index contributed by atoms with van der Waals surface area (Å²) in [7, 11) is 0. The quantitative estimate of drug-likeness (QED) is 0.211. The molecule has 8 aromatic rings. The van der Waals surface area contributed by atoms with Crippen molar-refractivity contribution in [1.82, 2.24) is 0 Å². The van der Waals surface area contributed by atoms with Gasteiger partial charge in [-0.1, -0.05) is 108 Å². The molecule has 0 amide bonds. The maximum absolute atomic E-state index is 2.21. The van der Waals surface area contributed by atoms with Gasteiger partial charge in [0.05, 0.1) is 0 Å². The molecule has 0 aliphatic rings. The Hall–Kier alpha value is -3.61. The van der Waals surface area contributed by atoms with Gasteiger partial charge in [-0.15, -0.1) is 57.9 Å². The summed E-state index contributed by atoms with van der Waals surface area (Å²) in [4.78, 5) is 0. The zero-order valence-corrected chi connectivity index (χ0v) is 28.7. The molecule has 3 heteroatoms. The van der Waals surface area contributed by atoms with E-state index in [1.165, 1.54) is 68.5 Å². The monoisotopic (exact) mass is 684 g/mol. The summed E-state index contributed by atoms with van der Waals surface area (Å²) in [6, 6.07) is 56.2. The van der Waals surface area contributed by atoms with Gasteiger partial charge in [-0.05, 0) is 32.7 Å². The molecule has 0 bridgehead atoms. The first kappa shape index (κ1) is 33.3. The molecule has 216 valence electrons. The Morgan fingerprint density at radius 3 is 1.14 bits per heavy atom. The minimum atomic E-state index is 0. The summed E-state index contributed by atoms with van der Waals surface area (Å²) >= 11 is 1.55. The van der Waals surface area contributed by atoms with Gasteiger partial charge in [0.15, 0.2) is 0 Å². The number of benzene rings is 6. The van der Waals surface area contributed by atoms with Crippen LogP contribution in [-0.4, -0.2) is 3.21 Å². The minimum absolute atomic E-state index is 0. The molecule has 44 heavy (non-hydrogen) atoms. The molecule has 0 heterocycles. The number of fused-ring (bicyclic) bond motifs is 4. The van der Waals surface area contributed by atoms with Gasteiger partial charge in [0, 0.05) is 0 Å². The van der Waals surface area contributed by atoms with E-state index in [2.05, 4.69) is 172 Å². The van der Waals surface area contributed by atoms with E-state index >= 15 is 0 Å². The molecule has 0 N–H and O–H groups in total. The SMILES string of the molecule is C[C](C)=[Zr+2].[Cl-].[Cl-].c1ccc2c(-c3cccc4[cH-]ccc34)cccc2c1.c1ccc2c(-c3cccc4[cH-]ccc34)cccc2c1. The molecule has 0 unspecified atom stereocenters. The van der Waals surface area contributed by atoms with Gasteiger partial charge in [0.25, 0.3) is 0 Å². The van der Waals surface area contributed by atoms with Crippen molar-refractivity contribution in [3.05, 3.63) is 158 Å². The van der Waals surface area contributed by atoms with Gasteiger partial charge in [-0.25, -0.2) is 0 Å². The fourth-order valence-electron chi connectivity index (χ4n) is 5.72. The van der Waals surface area contributed by atoms with E-state index in [4.69, 9.17) is 0 Å². The predicted octanol–water partition coefficient (Wildman–Crippen LogP) is 5.51. The third kappa shape index (κ3) is 7.19. The third-order valence-electron chi connectivity index (χ3n) is 7.52. The van der Waals surface area contributed by atoms with Crippen LogP contribution in [-0.2, 0) is 24.2 Å². The molecular weight excluding hydrogens is 655 g/mol. The van der Waals surface area contributed by atoms with Crippen molar-refractivity contribution in [3.8, 4) is 22.3 Å². The van der Waals surface area contributed by atoms with Crippen molar-refractivity contribution in [2.75, 3.05) is 0 Å². The molecule has 0 fully saturated rings. The fraction of sp³-hybridized carbons (Fsp3) is 0.0488. The van der Waals surface area contributed by atoms with Crippen LogP contribution in [0.2, 0.25) is 0 Å². The Kier molecular flexibility index (Phi) is 11.7. The Balaban J connectivity index is 0.000000172. The van der Waals surface area contributed by atoms with Crippen LogP contribution in [0.15, 0.2) is 158 Å². The van der Waals surface area contributed by atoms with Crippen molar-refractivity contribution >= 4 is 46.3 Å². The molecule has 0 spiro atoms. The van der Waals surface area contributed by atoms with Crippen molar-refractivity contribution in [3.63, 3.8) is 0 Å². The summed E-state index contributed by atoms with van der Waals surface area (Å²) in [5, 5.41) is 10.5. The minimum Gasteiger partial charge on any atom is -1.00 e. The number of hydrogen-bond donors (Lipinski definition) is 0. The van der Waals surface area contributed by atoms with Crippen LogP contribution in [0.25, 0.3) is 65.3 Å². The third-order valence-corrected chi connectivity index (χ3v) is 7.52. The van der Waals surface area contributed by atoms with Crippen LogP contribution in [0.4, 0.5) is 0 Å². The van der Waals surface area contributed by atoms with E-state index in [9.17, 15) is 0 Å². The van der Waals surface area contributed by atoms with Crippen LogP contribution >= 0.6 is 0 Å². The summed E-state index contributed by atoms with van der Waals surface area (Å²) in [5.41, 5.74) is 5.27. The second-order valence-corrected chi connectivity index (χ2v) is 13.2. The predicted molar refractivity (Wildman–Crippen MR) is 181 cm³/mol. The van der Waals surface area contributed by atoms with Crippen LogP contribution in [0.1, 0.15) is 13.8 Å². The van der Waals surface area contributed by atoms with E-state index < -0.39 is 0 Å². The van der Waals surface area contributed by atoms with Crippen molar-refractivity contribution < 1.29 is 49.0 Å². The molecule has 0 atom stereocenters. The van der Waals surface area contributed by atoms with Crippen LogP contribution < -0.4 is 24.8 Å². The first-order valence-electron chi connectivity index (χ1n) is 14.4. The van der Waals surface area contributed by atoms with Gasteiger partial charge >= 0.3 is 41.3 Å². The number of halogens is 2. The van der Waals surface area contributed by atoms with Gasteiger partial charge in [-0.3, -0.25) is 0 Å². The van der Waals surface area contributed by atoms with Gasteiger partial charge in [0.2, 0.25) is 0 Å². The molecule has 0 aromatic heterocycles. The van der Waals surface area contributed by atoms with E-state index in [1.54, 1.807) is 24.2 Å². The molecule has 8 aromatic carbocycles. The maximum atomic E-state index is 2.21. The molecular formula is C41H32Cl2Zr-2. The molecule has 0 radical (unpaired) electrons. The average molecular weight is 687 g/mol. The number of rotatable bonds is 2. The van der Waals surface area contributed by atoms with E-state index in [0.717, 1.165) is 0 Å². The summed E-state index contributed by atoms with van der Waals surface area (Å²) in [5.74, 6) is 0. The molecule has 0 aliphatic carbocycles. The van der Waals surface area contributed by atoms with Crippen LogP contribution in [0, 0.1) is 0 Å². The Morgan fingerprint density at radius 2 is 0.727 bits per heavy atom. The van der Waals surface area contributed by atoms with Crippen LogP contribution in [0.3, 0.4) is 0 Å². The second kappa shape index (κ2) is 15.4. The summed E-state index contributed by atoms with van der Waals surface area (Å²) < 4.78 is 1.51. The van der Waals surface area contributed by atoms with Gasteiger partial charge < -0.3 is 24.8 Å². The second-order valence-electron chi connectivity index (χ2n) is 10.7. The van der Waals surface area contributed by atoms with Crippen molar-refractivity contribution in [1.29, 1.82) is 0 Å². The standard InChI is InChI=1S/2C19H13.C3H6.2ClH.Zr/c2*1-2-10-16-14(6-1)8-4-12-18(16)19-13-5-9-15-7-3-11-17(15)19;1-3-2;;;/h2*1-13H;1-2H3;2*1H;/q2*-1;;;;+2/p-2. The molecule has 0 saturated heterocycles. The summed E-state index contributed by atoms with van der Waals surface area (Å²) in [6.45, 7) is 4.25. The Morgan fingerprint density at radius 1 is 0.409 bits per heavy atom. The zero-order valence-electron chi connectivity index (χ0n) is 24.8. The fourth-order valence-corrected chi connectivity index (χ4v) is 5.72. The first-order chi connectivity index (χ1) is 20.6. The largest absolute Gasteiger partial charge is 1.00 e. The van der Waals surface area contributed by atoms with Gasteiger partial charge in [-0.2, -0.15) is 24.3 Å². The number of hydrogen-bond acceptors (Lipinski definition) is 0. The molecule has 8 rings (SSSR count). The zero-order chi connectivity index (χ0) is 28.9. The average Bonchev–Trinajstić information content (AvgIpc) is 3.71. The Labute approximate surface area is 287 Å². The van der Waals surface area contributed by atoms with Crippen molar-refractivity contribution in [2.24, 2.45) is 0 Å². The van der Waals surface area contributed by atoms with E-state index in [-0.39, 0.29) is 24.8 Å². The van der Waals surface area contributed by atoms with E-state index in [0.29, 0.717) is 0 Å². The Bertz CT molecular complexity index is 1980. The molecule has 0 saturated carbocycles. The van der Waals surface area contributed by atoms with E-state index in [1.807, 2.05) is 0 Å². The topological polar surface area (TPSA) is 0 Å². The maximum Gasteiger partial charge on any atom is -0.0114 e. The summed E-state index contributed by atoms with van der Waals surface area (Å²) in [6.07, 6.45) is 0.